The van der Waals surface area contributed by atoms with Crippen LogP contribution in [0.3, 0.4) is 0 Å². The lowest BCUT2D eigenvalue weighted by molar-refractivity contribution is 0.102. The molecular weight excluding hydrogens is 426 g/mol. The molecule has 1 aromatic heterocycles. The third-order valence-corrected chi connectivity index (χ3v) is 5.27. The van der Waals surface area contributed by atoms with Crippen molar-refractivity contribution in [2.45, 2.75) is 13.1 Å². The minimum Gasteiger partial charge on any atom is -0.382 e. The van der Waals surface area contributed by atoms with Gasteiger partial charge in [0.15, 0.2) is 0 Å². The summed E-state index contributed by atoms with van der Waals surface area (Å²) in [5.74, 6) is -0.0231. The highest BCUT2D eigenvalue weighted by Crippen LogP contribution is 2.19. The molecule has 0 unspecified atom stereocenters. The molecule has 0 aliphatic rings. The van der Waals surface area contributed by atoms with Gasteiger partial charge in [0.25, 0.3) is 5.91 Å². The van der Waals surface area contributed by atoms with Crippen molar-refractivity contribution in [2.75, 3.05) is 11.1 Å². The van der Waals surface area contributed by atoms with Gasteiger partial charge in [0, 0.05) is 24.8 Å². The number of nitrogens with zero attached hydrogens (tertiary/aromatic N) is 1. The zero-order valence-electron chi connectivity index (χ0n) is 18.5. The molecule has 3 amide bonds. The molecule has 0 aliphatic heterocycles. The summed E-state index contributed by atoms with van der Waals surface area (Å²) < 4.78 is 0. The minimum atomic E-state index is -0.282. The topological polar surface area (TPSA) is 109 Å². The van der Waals surface area contributed by atoms with Gasteiger partial charge in [0.1, 0.15) is 5.82 Å². The zero-order chi connectivity index (χ0) is 23.8. The van der Waals surface area contributed by atoms with Crippen molar-refractivity contribution in [3.8, 4) is 11.1 Å². The molecule has 4 rings (SSSR count). The minimum absolute atomic E-state index is 0.259. The van der Waals surface area contributed by atoms with Crippen LogP contribution in [-0.2, 0) is 13.1 Å². The summed E-state index contributed by atoms with van der Waals surface area (Å²) in [7, 11) is 0. The quantitative estimate of drug-likeness (QED) is 0.330. The number of hydrogen-bond donors (Lipinski definition) is 4. The number of nitrogens with two attached hydrogens (primary N) is 1. The van der Waals surface area contributed by atoms with Gasteiger partial charge in [0.05, 0.1) is 5.69 Å². The Balaban J connectivity index is 1.23. The standard InChI is InChI=1S/C27H25N5O2/c28-25-24(7-4-16-29-25)32-26(33)23-14-10-20(11-15-23)18-31-27(34)30-17-19-8-12-22(13-9-19)21-5-2-1-3-6-21/h1-16H,17-18H2,(H2,28,29)(H,32,33)(H2,30,31,34). The summed E-state index contributed by atoms with van der Waals surface area (Å²) >= 11 is 0. The second-order valence-electron chi connectivity index (χ2n) is 7.69. The molecule has 4 aromatic rings. The Morgan fingerprint density at radius 3 is 1.91 bits per heavy atom. The molecule has 34 heavy (non-hydrogen) atoms. The van der Waals surface area contributed by atoms with Crippen LogP contribution in [0.25, 0.3) is 11.1 Å². The number of benzene rings is 3. The zero-order valence-corrected chi connectivity index (χ0v) is 18.5. The number of carbonyl (C=O) groups excluding carboxylic acids is 2. The molecular formula is C27H25N5O2. The molecule has 7 heteroatoms. The molecule has 5 N–H and O–H groups in total. The first kappa shape index (κ1) is 22.5. The van der Waals surface area contributed by atoms with E-state index in [0.29, 0.717) is 24.3 Å². The molecule has 0 saturated heterocycles. The Morgan fingerprint density at radius 1 is 0.706 bits per heavy atom. The van der Waals surface area contributed by atoms with E-state index in [1.54, 1.807) is 42.6 Å². The Morgan fingerprint density at radius 2 is 1.29 bits per heavy atom. The lowest BCUT2D eigenvalue weighted by atomic mass is 10.0. The molecule has 0 bridgehead atoms. The van der Waals surface area contributed by atoms with Gasteiger partial charge >= 0.3 is 6.03 Å². The average Bonchev–Trinajstić information content (AvgIpc) is 2.88. The third-order valence-electron chi connectivity index (χ3n) is 5.27. The SMILES string of the molecule is Nc1ncccc1NC(=O)c1ccc(CNC(=O)NCc2ccc(-c3ccccc3)cc2)cc1. The van der Waals surface area contributed by atoms with E-state index in [2.05, 4.69) is 33.1 Å². The number of amides is 3. The number of aromatic nitrogens is 1. The van der Waals surface area contributed by atoms with Crippen LogP contribution in [0, 0.1) is 0 Å². The molecule has 1 heterocycles. The fourth-order valence-electron chi connectivity index (χ4n) is 3.36. The number of hydrogen-bond acceptors (Lipinski definition) is 4. The van der Waals surface area contributed by atoms with Crippen molar-refractivity contribution in [2.24, 2.45) is 0 Å². The molecule has 0 fully saturated rings. The van der Waals surface area contributed by atoms with E-state index >= 15 is 0 Å². The summed E-state index contributed by atoms with van der Waals surface area (Å²) in [6, 6.07) is 28.4. The second-order valence-corrected chi connectivity index (χ2v) is 7.69. The molecule has 7 nitrogen and oxygen atoms in total. The van der Waals surface area contributed by atoms with Gasteiger partial charge in [-0.1, -0.05) is 66.7 Å². The predicted octanol–water partition coefficient (Wildman–Crippen LogP) is 4.58. The van der Waals surface area contributed by atoms with Gasteiger partial charge in [-0.05, 0) is 46.5 Å². The Bertz CT molecular complexity index is 1260. The van der Waals surface area contributed by atoms with E-state index in [4.69, 9.17) is 5.73 Å². The van der Waals surface area contributed by atoms with Crippen LogP contribution in [0.1, 0.15) is 21.5 Å². The van der Waals surface area contributed by atoms with Crippen LogP contribution in [0.2, 0.25) is 0 Å². The van der Waals surface area contributed by atoms with Crippen molar-refractivity contribution in [1.82, 2.24) is 15.6 Å². The molecule has 3 aromatic carbocycles. The average molecular weight is 452 g/mol. The number of urea groups is 1. The first-order valence-corrected chi connectivity index (χ1v) is 10.9. The number of nitrogen functional groups attached to an aromatic ring is 1. The van der Waals surface area contributed by atoms with Crippen LogP contribution < -0.4 is 21.7 Å². The second kappa shape index (κ2) is 10.8. The van der Waals surface area contributed by atoms with Crippen molar-refractivity contribution >= 4 is 23.4 Å². The van der Waals surface area contributed by atoms with Crippen molar-refractivity contribution < 1.29 is 9.59 Å². The van der Waals surface area contributed by atoms with E-state index in [1.165, 1.54) is 0 Å². The van der Waals surface area contributed by atoms with Gasteiger partial charge < -0.3 is 21.7 Å². The fraction of sp³-hybridized carbons (Fsp3) is 0.0741. The van der Waals surface area contributed by atoms with Crippen LogP contribution in [0.4, 0.5) is 16.3 Å². The molecule has 0 atom stereocenters. The van der Waals surface area contributed by atoms with E-state index in [9.17, 15) is 9.59 Å². The Kier molecular flexibility index (Phi) is 7.15. The molecule has 0 spiro atoms. The van der Waals surface area contributed by atoms with E-state index in [0.717, 1.165) is 22.3 Å². The number of pyridine rings is 1. The van der Waals surface area contributed by atoms with Crippen LogP contribution in [0.5, 0.6) is 0 Å². The van der Waals surface area contributed by atoms with Gasteiger partial charge in [-0.25, -0.2) is 9.78 Å². The number of rotatable bonds is 7. The van der Waals surface area contributed by atoms with E-state index in [-0.39, 0.29) is 17.8 Å². The van der Waals surface area contributed by atoms with E-state index in [1.807, 2.05) is 42.5 Å². The van der Waals surface area contributed by atoms with Crippen molar-refractivity contribution in [3.05, 3.63) is 114 Å². The van der Waals surface area contributed by atoms with Gasteiger partial charge in [-0.2, -0.15) is 0 Å². The number of anilines is 2. The Labute approximate surface area is 198 Å². The van der Waals surface area contributed by atoms with Gasteiger partial charge in [-0.15, -0.1) is 0 Å². The maximum absolute atomic E-state index is 12.4. The number of carbonyl (C=O) groups is 2. The normalized spacial score (nSPS) is 10.4. The first-order chi connectivity index (χ1) is 16.6. The van der Waals surface area contributed by atoms with Crippen molar-refractivity contribution in [1.29, 1.82) is 0 Å². The van der Waals surface area contributed by atoms with Crippen LogP contribution >= 0.6 is 0 Å². The number of nitrogens with one attached hydrogen (secondary N) is 3. The first-order valence-electron chi connectivity index (χ1n) is 10.9. The molecule has 170 valence electrons. The molecule has 0 radical (unpaired) electrons. The summed E-state index contributed by atoms with van der Waals surface area (Å²) in [5, 5.41) is 8.42. The van der Waals surface area contributed by atoms with E-state index < -0.39 is 0 Å². The maximum atomic E-state index is 12.4. The summed E-state index contributed by atoms with van der Waals surface area (Å²) in [4.78, 5) is 28.5. The highest BCUT2D eigenvalue weighted by Gasteiger charge is 2.09. The Hall–Kier alpha value is -4.65. The highest BCUT2D eigenvalue weighted by atomic mass is 16.2. The lowest BCUT2D eigenvalue weighted by Crippen LogP contribution is -2.34. The molecule has 0 aliphatic carbocycles. The summed E-state index contributed by atoms with van der Waals surface area (Å²) in [5.41, 5.74) is 10.9. The van der Waals surface area contributed by atoms with Crippen molar-refractivity contribution in [3.63, 3.8) is 0 Å². The predicted molar refractivity (Wildman–Crippen MR) is 134 cm³/mol. The summed E-state index contributed by atoms with van der Waals surface area (Å²) in [6.45, 7) is 0.772. The molecule has 0 saturated carbocycles. The van der Waals surface area contributed by atoms with Crippen LogP contribution in [-0.4, -0.2) is 16.9 Å². The maximum Gasteiger partial charge on any atom is 0.315 e. The van der Waals surface area contributed by atoms with Crippen LogP contribution in [0.15, 0.2) is 97.2 Å². The summed E-state index contributed by atoms with van der Waals surface area (Å²) in [6.07, 6.45) is 1.56. The fourth-order valence-corrected chi connectivity index (χ4v) is 3.36. The third kappa shape index (κ3) is 5.98. The monoisotopic (exact) mass is 451 g/mol. The van der Waals surface area contributed by atoms with Gasteiger partial charge in [0.2, 0.25) is 0 Å². The smallest absolute Gasteiger partial charge is 0.315 e. The highest BCUT2D eigenvalue weighted by molar-refractivity contribution is 6.05. The largest absolute Gasteiger partial charge is 0.382 e. The van der Waals surface area contributed by atoms with Gasteiger partial charge in [-0.3, -0.25) is 4.79 Å². The lowest BCUT2D eigenvalue weighted by Gasteiger charge is -2.10.